The van der Waals surface area contributed by atoms with E-state index in [1.54, 1.807) is 13.0 Å². The third kappa shape index (κ3) is 4.97. The highest BCUT2D eigenvalue weighted by molar-refractivity contribution is 5.89. The van der Waals surface area contributed by atoms with Crippen LogP contribution in [-0.4, -0.2) is 101 Å². The number of esters is 3. The summed E-state index contributed by atoms with van der Waals surface area (Å²) in [7, 11) is 1.22. The van der Waals surface area contributed by atoms with Gasteiger partial charge in [-0.2, -0.15) is 0 Å². The minimum atomic E-state index is -1.65. The van der Waals surface area contributed by atoms with Gasteiger partial charge in [-0.15, -0.1) is 0 Å². The Bertz CT molecular complexity index is 825. The zero-order valence-corrected chi connectivity index (χ0v) is 19.4. The molecule has 0 spiro atoms. The average Bonchev–Trinajstić information content (AvgIpc) is 3.04. The maximum Gasteiger partial charge on any atom is 0.333 e. The molecule has 1 heterocycles. The Morgan fingerprint density at radius 2 is 1.76 bits per heavy atom. The highest BCUT2D eigenvalue weighted by Crippen LogP contribution is 2.53. The van der Waals surface area contributed by atoms with Gasteiger partial charge in [-0.3, -0.25) is 9.59 Å². The first-order valence-electron chi connectivity index (χ1n) is 11.0. The molecule has 3 rings (SSSR count). The number of methoxy groups -OCH3 is 1. The van der Waals surface area contributed by atoms with Crippen molar-refractivity contribution in [2.45, 2.75) is 82.1 Å². The fourth-order valence-electron chi connectivity index (χ4n) is 5.41. The van der Waals surface area contributed by atoms with E-state index in [2.05, 4.69) is 0 Å². The second-order valence-corrected chi connectivity index (χ2v) is 9.07. The number of rotatable bonds is 6. The molecule has 0 aromatic rings. The van der Waals surface area contributed by atoms with Gasteiger partial charge in [-0.05, 0) is 13.3 Å². The predicted molar refractivity (Wildman–Crippen MR) is 111 cm³/mol. The molecule has 3 aliphatic rings. The summed E-state index contributed by atoms with van der Waals surface area (Å²) in [4.78, 5) is 36.3. The summed E-state index contributed by atoms with van der Waals surface area (Å²) in [5, 5.41) is 40.1. The molecular formula is C22H32O12. The lowest BCUT2D eigenvalue weighted by atomic mass is 9.73. The first kappa shape index (κ1) is 26.5. The van der Waals surface area contributed by atoms with Gasteiger partial charge in [0.25, 0.3) is 0 Å². The number of aliphatic hydroxyl groups is 4. The first-order valence-corrected chi connectivity index (χ1v) is 11.0. The van der Waals surface area contributed by atoms with E-state index in [0.29, 0.717) is 0 Å². The lowest BCUT2D eigenvalue weighted by Crippen LogP contribution is -2.60. The van der Waals surface area contributed by atoms with Crippen LogP contribution in [0.5, 0.6) is 0 Å². The molecule has 0 aromatic carbocycles. The largest absolute Gasteiger partial charge is 0.466 e. The summed E-state index contributed by atoms with van der Waals surface area (Å²) >= 11 is 0. The van der Waals surface area contributed by atoms with Gasteiger partial charge in [0.2, 0.25) is 0 Å². The van der Waals surface area contributed by atoms with Crippen molar-refractivity contribution < 1.29 is 58.5 Å². The fourth-order valence-corrected chi connectivity index (χ4v) is 5.41. The maximum atomic E-state index is 12.6. The molecule has 34 heavy (non-hydrogen) atoms. The Morgan fingerprint density at radius 3 is 2.32 bits per heavy atom. The minimum absolute atomic E-state index is 0.0738. The summed E-state index contributed by atoms with van der Waals surface area (Å²) in [6.45, 7) is 3.46. The van der Waals surface area contributed by atoms with Crippen molar-refractivity contribution in [3.8, 4) is 0 Å². The maximum absolute atomic E-state index is 12.6. The van der Waals surface area contributed by atoms with Gasteiger partial charge in [0, 0.05) is 37.7 Å². The highest BCUT2D eigenvalue weighted by Gasteiger charge is 2.61. The quantitative estimate of drug-likeness (QED) is 0.253. The van der Waals surface area contributed by atoms with Crippen molar-refractivity contribution >= 4 is 17.9 Å². The molecule has 1 saturated heterocycles. The molecule has 0 amide bonds. The SMILES string of the molecule is COC(=O)C1=CCC(OC2OC(CO)C(O)C(O)C2O)C2C1C(OC(C)=O)CC2(C)OC(C)=O. The molecule has 10 unspecified atom stereocenters. The normalized spacial score (nSPS) is 41.8. The molecule has 10 atom stereocenters. The Balaban J connectivity index is 1.99. The van der Waals surface area contributed by atoms with Gasteiger partial charge in [0.1, 0.15) is 36.1 Å². The van der Waals surface area contributed by atoms with Gasteiger partial charge in [-0.1, -0.05) is 6.08 Å². The van der Waals surface area contributed by atoms with E-state index >= 15 is 0 Å². The molecule has 1 saturated carbocycles. The Morgan fingerprint density at radius 1 is 1.09 bits per heavy atom. The van der Waals surface area contributed by atoms with Gasteiger partial charge in [0.05, 0.1) is 19.8 Å². The number of carbonyl (C=O) groups is 3. The second-order valence-electron chi connectivity index (χ2n) is 9.07. The van der Waals surface area contributed by atoms with Crippen LogP contribution in [0.15, 0.2) is 11.6 Å². The molecule has 12 heteroatoms. The Hall–Kier alpha value is -2.09. The molecule has 0 radical (unpaired) electrons. The van der Waals surface area contributed by atoms with Crippen LogP contribution in [0.2, 0.25) is 0 Å². The van der Waals surface area contributed by atoms with Gasteiger partial charge >= 0.3 is 17.9 Å². The molecule has 192 valence electrons. The number of fused-ring (bicyclic) bond motifs is 1. The highest BCUT2D eigenvalue weighted by atomic mass is 16.7. The van der Waals surface area contributed by atoms with Crippen molar-refractivity contribution in [2.24, 2.45) is 11.8 Å². The van der Waals surface area contributed by atoms with Gasteiger partial charge in [0.15, 0.2) is 6.29 Å². The van der Waals surface area contributed by atoms with E-state index < -0.39 is 84.9 Å². The molecular weight excluding hydrogens is 456 g/mol. The van der Waals surface area contributed by atoms with Crippen LogP contribution in [0.4, 0.5) is 0 Å². The van der Waals surface area contributed by atoms with Crippen LogP contribution in [0, 0.1) is 11.8 Å². The van der Waals surface area contributed by atoms with Crippen molar-refractivity contribution in [3.63, 3.8) is 0 Å². The van der Waals surface area contributed by atoms with Crippen LogP contribution in [-0.2, 0) is 38.1 Å². The standard InChI is InChI=1S/C22H32O12/c1-9(24)31-13-7-22(3,34-10(2)25)16-12(6-5-11(15(13)16)20(29)30-4)32-21-19(28)18(27)17(26)14(8-23)33-21/h5,12-19,21,23,26-28H,6-8H2,1-4H3. The smallest absolute Gasteiger partial charge is 0.333 e. The van der Waals surface area contributed by atoms with Crippen LogP contribution in [0.3, 0.4) is 0 Å². The van der Waals surface area contributed by atoms with Crippen molar-refractivity contribution in [1.82, 2.24) is 0 Å². The number of ether oxygens (including phenoxy) is 5. The number of hydrogen-bond donors (Lipinski definition) is 4. The number of aliphatic hydroxyl groups excluding tert-OH is 4. The first-order chi connectivity index (χ1) is 15.9. The predicted octanol–water partition coefficient (Wildman–Crippen LogP) is -1.44. The zero-order chi connectivity index (χ0) is 25.4. The summed E-state index contributed by atoms with van der Waals surface area (Å²) in [5.74, 6) is -3.30. The third-order valence-electron chi connectivity index (χ3n) is 6.70. The third-order valence-corrected chi connectivity index (χ3v) is 6.70. The number of hydrogen-bond acceptors (Lipinski definition) is 12. The molecule has 0 bridgehead atoms. The summed E-state index contributed by atoms with van der Waals surface area (Å²) in [5.41, 5.74) is -0.994. The number of carbonyl (C=O) groups excluding carboxylic acids is 3. The van der Waals surface area contributed by atoms with Crippen LogP contribution in [0.25, 0.3) is 0 Å². The van der Waals surface area contributed by atoms with Crippen LogP contribution >= 0.6 is 0 Å². The minimum Gasteiger partial charge on any atom is -0.466 e. The summed E-state index contributed by atoms with van der Waals surface area (Å²) < 4.78 is 27.5. The molecule has 4 N–H and O–H groups in total. The van der Waals surface area contributed by atoms with E-state index in [1.807, 2.05) is 0 Å². The summed E-state index contributed by atoms with van der Waals surface area (Å²) in [6.07, 6.45) is -7.38. The topological polar surface area (TPSA) is 178 Å². The van der Waals surface area contributed by atoms with Gasteiger partial charge < -0.3 is 44.1 Å². The average molecular weight is 488 g/mol. The van der Waals surface area contributed by atoms with Crippen molar-refractivity contribution in [3.05, 3.63) is 11.6 Å². The molecule has 0 aromatic heterocycles. The van der Waals surface area contributed by atoms with E-state index in [0.717, 1.165) is 0 Å². The van der Waals surface area contributed by atoms with Gasteiger partial charge in [-0.25, -0.2) is 4.79 Å². The van der Waals surface area contributed by atoms with Crippen LogP contribution < -0.4 is 0 Å². The van der Waals surface area contributed by atoms with E-state index in [1.165, 1.54) is 21.0 Å². The second kappa shape index (κ2) is 10.3. The van der Waals surface area contributed by atoms with Crippen molar-refractivity contribution in [1.29, 1.82) is 0 Å². The molecule has 12 nitrogen and oxygen atoms in total. The summed E-state index contributed by atoms with van der Waals surface area (Å²) in [6, 6.07) is 0. The zero-order valence-electron chi connectivity index (χ0n) is 19.4. The van der Waals surface area contributed by atoms with E-state index in [-0.39, 0.29) is 18.4 Å². The van der Waals surface area contributed by atoms with E-state index in [4.69, 9.17) is 23.7 Å². The lowest BCUT2D eigenvalue weighted by molar-refractivity contribution is -0.319. The molecule has 2 aliphatic carbocycles. The monoisotopic (exact) mass is 488 g/mol. The van der Waals surface area contributed by atoms with Crippen LogP contribution in [0.1, 0.15) is 33.6 Å². The lowest BCUT2D eigenvalue weighted by Gasteiger charge is -2.45. The van der Waals surface area contributed by atoms with E-state index in [9.17, 15) is 34.8 Å². The fraction of sp³-hybridized carbons (Fsp3) is 0.773. The Kier molecular flexibility index (Phi) is 8.00. The molecule has 2 fully saturated rings. The Labute approximate surface area is 196 Å². The molecule has 1 aliphatic heterocycles. The van der Waals surface area contributed by atoms with Crippen molar-refractivity contribution in [2.75, 3.05) is 13.7 Å².